The minimum atomic E-state index is 0.335. The van der Waals surface area contributed by atoms with E-state index in [4.69, 9.17) is 19.3 Å². The molecule has 0 spiro atoms. The van der Waals surface area contributed by atoms with Crippen LogP contribution in [0.1, 0.15) is 55.7 Å². The maximum atomic E-state index is 5.70. The molecule has 0 saturated carbocycles. The third-order valence-electron chi connectivity index (χ3n) is 6.45. The van der Waals surface area contributed by atoms with Gasteiger partial charge in [-0.15, -0.1) is 0 Å². The van der Waals surface area contributed by atoms with Crippen molar-refractivity contribution in [3.8, 4) is 5.95 Å². The number of rotatable bonds is 4. The van der Waals surface area contributed by atoms with Crippen LogP contribution >= 0.6 is 0 Å². The first-order chi connectivity index (χ1) is 14.2. The monoisotopic (exact) mass is 395 g/mol. The summed E-state index contributed by atoms with van der Waals surface area (Å²) in [6.07, 6.45) is 5.32. The summed E-state index contributed by atoms with van der Waals surface area (Å²) in [4.78, 5) is 7.37. The molecule has 2 aliphatic rings. The van der Waals surface area contributed by atoms with E-state index in [2.05, 4.69) is 42.1 Å². The topological polar surface area (TPSA) is 69.2 Å². The van der Waals surface area contributed by atoms with Gasteiger partial charge in [0.15, 0.2) is 0 Å². The number of fused-ring (bicyclic) bond motifs is 1. The van der Waals surface area contributed by atoms with E-state index in [0.29, 0.717) is 17.9 Å². The molecule has 3 aromatic rings. The second-order valence-electron chi connectivity index (χ2n) is 8.32. The molecule has 0 unspecified atom stereocenters. The Morgan fingerprint density at radius 3 is 2.66 bits per heavy atom. The van der Waals surface area contributed by atoms with E-state index >= 15 is 0 Å². The van der Waals surface area contributed by atoms with Crippen LogP contribution in [-0.4, -0.2) is 57.2 Å². The van der Waals surface area contributed by atoms with Crippen molar-refractivity contribution in [2.24, 2.45) is 0 Å². The minimum absolute atomic E-state index is 0.335. The van der Waals surface area contributed by atoms with Crippen LogP contribution in [0, 0.1) is 6.92 Å². The van der Waals surface area contributed by atoms with Crippen LogP contribution in [0.3, 0.4) is 0 Å². The Morgan fingerprint density at radius 2 is 1.90 bits per heavy atom. The van der Waals surface area contributed by atoms with Gasteiger partial charge in [0.05, 0.1) is 11.2 Å². The van der Waals surface area contributed by atoms with Gasteiger partial charge < -0.3 is 14.2 Å². The minimum Gasteiger partial charge on any atom is -0.381 e. The van der Waals surface area contributed by atoms with Gasteiger partial charge in [-0.3, -0.25) is 0 Å². The number of piperidine rings is 1. The van der Waals surface area contributed by atoms with Crippen LogP contribution in [0.15, 0.2) is 22.7 Å². The number of nitrogens with zero attached hydrogens (tertiary/aromatic N) is 5. The fourth-order valence-corrected chi connectivity index (χ4v) is 4.74. The molecule has 2 aliphatic heterocycles. The molecule has 7 nitrogen and oxygen atoms in total. The van der Waals surface area contributed by atoms with Gasteiger partial charge in [0.2, 0.25) is 5.89 Å². The van der Waals surface area contributed by atoms with Crippen molar-refractivity contribution < 1.29 is 9.26 Å². The summed E-state index contributed by atoms with van der Waals surface area (Å²) in [6.45, 7) is 8.20. The number of hydrogen-bond donors (Lipinski definition) is 0. The molecule has 0 bridgehead atoms. The van der Waals surface area contributed by atoms with Crippen molar-refractivity contribution in [3.05, 3.63) is 35.3 Å². The van der Waals surface area contributed by atoms with Gasteiger partial charge in [0.25, 0.3) is 5.95 Å². The van der Waals surface area contributed by atoms with Crippen LogP contribution < -0.4 is 0 Å². The van der Waals surface area contributed by atoms with Crippen LogP contribution in [0.2, 0.25) is 0 Å². The van der Waals surface area contributed by atoms with Crippen LogP contribution in [0.4, 0.5) is 0 Å². The lowest BCUT2D eigenvalue weighted by molar-refractivity contribution is 0.0239. The van der Waals surface area contributed by atoms with Gasteiger partial charge in [0.1, 0.15) is 0 Å². The number of aryl methyl sites for hydroxylation is 2. The highest BCUT2D eigenvalue weighted by Gasteiger charge is 2.30. The predicted molar refractivity (Wildman–Crippen MR) is 110 cm³/mol. The lowest BCUT2D eigenvalue weighted by Crippen LogP contribution is -2.43. The highest BCUT2D eigenvalue weighted by Crippen LogP contribution is 2.30. The maximum absolute atomic E-state index is 5.70. The third kappa shape index (κ3) is 3.57. The molecule has 0 radical (unpaired) electrons. The van der Waals surface area contributed by atoms with Gasteiger partial charge in [-0.1, -0.05) is 19.1 Å². The highest BCUT2D eigenvalue weighted by molar-refractivity contribution is 5.83. The zero-order valence-corrected chi connectivity index (χ0v) is 17.3. The SMILES string of the molecule is CCc1nn(-c2noc(C3CCN(C4CCOCC4)CC3)n2)c2cc(C)ccc12. The van der Waals surface area contributed by atoms with E-state index in [0.717, 1.165) is 80.9 Å². The molecule has 0 amide bonds. The van der Waals surface area contributed by atoms with Crippen LogP contribution in [-0.2, 0) is 11.2 Å². The Kier molecular flexibility index (Phi) is 5.09. The lowest BCUT2D eigenvalue weighted by atomic mass is 9.94. The Balaban J connectivity index is 1.34. The molecule has 0 N–H and O–H groups in total. The molecule has 2 fully saturated rings. The Hall–Kier alpha value is -2.25. The highest BCUT2D eigenvalue weighted by atomic mass is 16.5. The molecule has 0 aliphatic carbocycles. The molecule has 2 aromatic heterocycles. The maximum Gasteiger partial charge on any atom is 0.291 e. The fourth-order valence-electron chi connectivity index (χ4n) is 4.74. The Labute approximate surface area is 171 Å². The Morgan fingerprint density at radius 1 is 1.10 bits per heavy atom. The summed E-state index contributed by atoms with van der Waals surface area (Å²) in [7, 11) is 0. The average Bonchev–Trinajstić information content (AvgIpc) is 3.39. The predicted octanol–water partition coefficient (Wildman–Crippen LogP) is 3.64. The number of likely N-dealkylation sites (tertiary alicyclic amines) is 1. The van der Waals surface area contributed by atoms with Crippen molar-refractivity contribution in [1.82, 2.24) is 24.8 Å². The third-order valence-corrected chi connectivity index (χ3v) is 6.45. The van der Waals surface area contributed by atoms with Gasteiger partial charge in [-0.25, -0.2) is 0 Å². The Bertz CT molecular complexity index is 980. The van der Waals surface area contributed by atoms with Crippen molar-refractivity contribution >= 4 is 10.9 Å². The fraction of sp³-hybridized carbons (Fsp3) is 0.591. The van der Waals surface area contributed by atoms with Gasteiger partial charge in [0, 0.05) is 30.6 Å². The second-order valence-corrected chi connectivity index (χ2v) is 8.32. The second kappa shape index (κ2) is 7.88. The molecule has 7 heteroatoms. The van der Waals surface area contributed by atoms with Crippen molar-refractivity contribution in [2.45, 2.75) is 57.9 Å². The molecule has 154 valence electrons. The van der Waals surface area contributed by atoms with Crippen LogP contribution in [0.25, 0.3) is 16.9 Å². The molecule has 4 heterocycles. The number of ether oxygens (including phenoxy) is 1. The van der Waals surface area contributed by atoms with Gasteiger partial charge >= 0.3 is 0 Å². The normalized spacial score (nSPS) is 19.9. The summed E-state index contributed by atoms with van der Waals surface area (Å²) >= 11 is 0. The number of aromatic nitrogens is 4. The zero-order chi connectivity index (χ0) is 19.8. The van der Waals surface area contributed by atoms with Crippen LogP contribution in [0.5, 0.6) is 0 Å². The number of benzene rings is 1. The standard InChI is InChI=1S/C22H29N5O2/c1-3-19-18-5-4-15(2)14-20(18)27(24-19)22-23-21(29-25-22)16-6-10-26(11-7-16)17-8-12-28-13-9-17/h4-5,14,16-17H,3,6-13H2,1-2H3. The first-order valence-electron chi connectivity index (χ1n) is 10.9. The summed E-state index contributed by atoms with van der Waals surface area (Å²) in [5.74, 6) is 1.63. The average molecular weight is 396 g/mol. The zero-order valence-electron chi connectivity index (χ0n) is 17.3. The molecule has 5 rings (SSSR count). The van der Waals surface area contributed by atoms with Gasteiger partial charge in [-0.05, 0) is 68.9 Å². The molecule has 0 atom stereocenters. The summed E-state index contributed by atoms with van der Waals surface area (Å²) in [5.41, 5.74) is 3.31. The number of hydrogen-bond acceptors (Lipinski definition) is 6. The van der Waals surface area contributed by atoms with E-state index in [9.17, 15) is 0 Å². The van der Waals surface area contributed by atoms with Crippen molar-refractivity contribution in [3.63, 3.8) is 0 Å². The molecule has 29 heavy (non-hydrogen) atoms. The van der Waals surface area contributed by atoms with E-state index in [-0.39, 0.29) is 0 Å². The van der Waals surface area contributed by atoms with E-state index < -0.39 is 0 Å². The van der Waals surface area contributed by atoms with Crippen molar-refractivity contribution in [2.75, 3.05) is 26.3 Å². The quantitative estimate of drug-likeness (QED) is 0.672. The smallest absolute Gasteiger partial charge is 0.291 e. The summed E-state index contributed by atoms with van der Waals surface area (Å²) in [6, 6.07) is 7.08. The van der Waals surface area contributed by atoms with E-state index in [1.54, 1.807) is 0 Å². The lowest BCUT2D eigenvalue weighted by Gasteiger charge is -2.38. The molecule has 1 aromatic carbocycles. The molecule has 2 saturated heterocycles. The molecular formula is C22H29N5O2. The van der Waals surface area contributed by atoms with Crippen molar-refractivity contribution in [1.29, 1.82) is 0 Å². The summed E-state index contributed by atoms with van der Waals surface area (Å²) < 4.78 is 13.0. The van der Waals surface area contributed by atoms with E-state index in [1.807, 2.05) is 4.68 Å². The first kappa shape index (κ1) is 18.8. The van der Waals surface area contributed by atoms with Gasteiger partial charge in [-0.2, -0.15) is 14.8 Å². The summed E-state index contributed by atoms with van der Waals surface area (Å²) in [5, 5.41) is 10.2. The van der Waals surface area contributed by atoms with E-state index in [1.165, 1.54) is 5.56 Å². The largest absolute Gasteiger partial charge is 0.381 e. The molecular weight excluding hydrogens is 366 g/mol. The first-order valence-corrected chi connectivity index (χ1v) is 10.9.